The number of hydrogen-bond donors (Lipinski definition) is 3. The van der Waals surface area contributed by atoms with Crippen molar-refractivity contribution < 1.29 is 4.79 Å². The summed E-state index contributed by atoms with van der Waals surface area (Å²) in [6.45, 7) is 0.948. The number of carbonyl (C=O) groups excluding carboxylic acids is 1. The van der Waals surface area contributed by atoms with Crippen LogP contribution in [0.3, 0.4) is 0 Å². The minimum Gasteiger partial charge on any atom is -0.370 e. The molecule has 4 N–H and O–H groups in total. The summed E-state index contributed by atoms with van der Waals surface area (Å²) < 4.78 is 0.885. The summed E-state index contributed by atoms with van der Waals surface area (Å²) >= 11 is 3.33. The van der Waals surface area contributed by atoms with Crippen LogP contribution >= 0.6 is 15.9 Å². The van der Waals surface area contributed by atoms with E-state index >= 15 is 0 Å². The Morgan fingerprint density at radius 2 is 2.26 bits per heavy atom. The second kappa shape index (κ2) is 6.56. The van der Waals surface area contributed by atoms with Crippen LogP contribution in [0.25, 0.3) is 0 Å². The average molecular weight is 325 g/mol. The third-order valence-corrected chi connectivity index (χ3v) is 3.19. The fourth-order valence-corrected chi connectivity index (χ4v) is 1.96. The number of guanidine groups is 1. The summed E-state index contributed by atoms with van der Waals surface area (Å²) in [5.74, 6) is 0.351. The Bertz CT molecular complexity index is 485. The Morgan fingerprint density at radius 3 is 2.95 bits per heavy atom. The van der Waals surface area contributed by atoms with Gasteiger partial charge in [-0.05, 0) is 31.0 Å². The highest BCUT2D eigenvalue weighted by Crippen LogP contribution is 2.17. The molecule has 0 heterocycles. The van der Waals surface area contributed by atoms with E-state index in [1.807, 2.05) is 12.1 Å². The number of hydrogen-bond acceptors (Lipinski definition) is 2. The zero-order valence-corrected chi connectivity index (χ0v) is 12.1. The highest BCUT2D eigenvalue weighted by molar-refractivity contribution is 9.10. The molecule has 1 aromatic carbocycles. The molecule has 0 aliphatic heterocycles. The van der Waals surface area contributed by atoms with Gasteiger partial charge in [0, 0.05) is 22.6 Å². The van der Waals surface area contributed by atoms with Gasteiger partial charge in [0.05, 0.1) is 6.54 Å². The number of rotatable bonds is 5. The van der Waals surface area contributed by atoms with Crippen molar-refractivity contribution in [3.63, 3.8) is 0 Å². The molecule has 102 valence electrons. The van der Waals surface area contributed by atoms with E-state index in [2.05, 4.69) is 31.6 Å². The lowest BCUT2D eigenvalue weighted by Crippen LogP contribution is -2.34. The lowest BCUT2D eigenvalue weighted by atomic mass is 10.2. The molecule has 0 radical (unpaired) electrons. The molecule has 1 amide bonds. The first-order chi connectivity index (χ1) is 9.15. The monoisotopic (exact) mass is 324 g/mol. The first-order valence-electron chi connectivity index (χ1n) is 6.25. The molecule has 0 aromatic heterocycles. The van der Waals surface area contributed by atoms with Gasteiger partial charge >= 0.3 is 0 Å². The predicted molar refractivity (Wildman–Crippen MR) is 79.1 cm³/mol. The van der Waals surface area contributed by atoms with Crippen molar-refractivity contribution in [2.75, 3.05) is 13.1 Å². The van der Waals surface area contributed by atoms with Gasteiger partial charge in [0.15, 0.2) is 5.96 Å². The van der Waals surface area contributed by atoms with Crippen LogP contribution in [0.15, 0.2) is 33.7 Å². The maximum Gasteiger partial charge on any atom is 0.251 e. The zero-order valence-electron chi connectivity index (χ0n) is 10.5. The van der Waals surface area contributed by atoms with Gasteiger partial charge in [-0.15, -0.1) is 0 Å². The SMILES string of the molecule is NC(=NCCNC(=O)c1cccc(Br)c1)NC1CC1. The predicted octanol–water partition coefficient (Wildman–Crippen LogP) is 1.25. The molecule has 0 atom stereocenters. The Kier molecular flexibility index (Phi) is 4.79. The highest BCUT2D eigenvalue weighted by Gasteiger charge is 2.21. The first kappa shape index (κ1) is 13.9. The number of benzene rings is 1. The number of nitrogens with one attached hydrogen (secondary N) is 2. The highest BCUT2D eigenvalue weighted by atomic mass is 79.9. The molecular formula is C13H17BrN4O. The van der Waals surface area contributed by atoms with Crippen LogP contribution in [0.2, 0.25) is 0 Å². The second-order valence-electron chi connectivity index (χ2n) is 4.45. The van der Waals surface area contributed by atoms with Gasteiger partial charge in [-0.3, -0.25) is 9.79 Å². The van der Waals surface area contributed by atoms with Gasteiger partial charge in [0.25, 0.3) is 5.91 Å². The van der Waals surface area contributed by atoms with Crippen LogP contribution in [-0.2, 0) is 0 Å². The van der Waals surface area contributed by atoms with E-state index in [0.29, 0.717) is 30.7 Å². The van der Waals surface area contributed by atoms with Gasteiger partial charge in [0.2, 0.25) is 0 Å². The van der Waals surface area contributed by atoms with E-state index < -0.39 is 0 Å². The van der Waals surface area contributed by atoms with Crippen LogP contribution in [0, 0.1) is 0 Å². The van der Waals surface area contributed by atoms with E-state index in [-0.39, 0.29) is 5.91 Å². The second-order valence-corrected chi connectivity index (χ2v) is 5.37. The molecule has 5 nitrogen and oxygen atoms in total. The largest absolute Gasteiger partial charge is 0.370 e. The molecule has 0 spiro atoms. The molecule has 1 aliphatic carbocycles. The topological polar surface area (TPSA) is 79.5 Å². The van der Waals surface area contributed by atoms with Crippen LogP contribution in [-0.4, -0.2) is 31.0 Å². The van der Waals surface area contributed by atoms with Crippen molar-refractivity contribution in [2.24, 2.45) is 10.7 Å². The molecule has 0 saturated heterocycles. The summed E-state index contributed by atoms with van der Waals surface area (Å²) in [4.78, 5) is 15.9. The molecule has 0 bridgehead atoms. The van der Waals surface area contributed by atoms with Crippen LogP contribution in [0.5, 0.6) is 0 Å². The molecule has 1 saturated carbocycles. The maximum absolute atomic E-state index is 11.8. The Hall–Kier alpha value is -1.56. The van der Waals surface area contributed by atoms with Crippen LogP contribution in [0.1, 0.15) is 23.2 Å². The summed E-state index contributed by atoms with van der Waals surface area (Å²) in [7, 11) is 0. The lowest BCUT2D eigenvalue weighted by molar-refractivity contribution is 0.0954. The van der Waals surface area contributed by atoms with Gasteiger partial charge < -0.3 is 16.4 Å². The van der Waals surface area contributed by atoms with E-state index in [1.54, 1.807) is 12.1 Å². The fourth-order valence-electron chi connectivity index (χ4n) is 1.56. The number of carbonyl (C=O) groups is 1. The summed E-state index contributed by atoms with van der Waals surface area (Å²) in [6.07, 6.45) is 2.33. The molecule has 2 rings (SSSR count). The third-order valence-electron chi connectivity index (χ3n) is 2.70. The fraction of sp³-hybridized carbons (Fsp3) is 0.385. The third kappa shape index (κ3) is 4.90. The van der Waals surface area contributed by atoms with Crippen molar-refractivity contribution in [1.82, 2.24) is 10.6 Å². The number of nitrogens with zero attached hydrogens (tertiary/aromatic N) is 1. The Labute approximate surface area is 120 Å². The van der Waals surface area contributed by atoms with Gasteiger partial charge in [-0.25, -0.2) is 0 Å². The Morgan fingerprint density at radius 1 is 1.47 bits per heavy atom. The zero-order chi connectivity index (χ0) is 13.7. The van der Waals surface area contributed by atoms with Crippen molar-refractivity contribution >= 4 is 27.8 Å². The number of nitrogens with two attached hydrogens (primary N) is 1. The van der Waals surface area contributed by atoms with E-state index in [1.165, 1.54) is 0 Å². The van der Waals surface area contributed by atoms with Crippen molar-refractivity contribution in [3.8, 4) is 0 Å². The van der Waals surface area contributed by atoms with E-state index in [9.17, 15) is 4.79 Å². The quantitative estimate of drug-likeness (QED) is 0.433. The lowest BCUT2D eigenvalue weighted by Gasteiger charge is -2.05. The number of halogens is 1. The van der Waals surface area contributed by atoms with Crippen LogP contribution in [0.4, 0.5) is 0 Å². The molecule has 6 heteroatoms. The summed E-state index contributed by atoms with van der Waals surface area (Å²) in [6, 6.07) is 7.76. The van der Waals surface area contributed by atoms with Crippen molar-refractivity contribution in [1.29, 1.82) is 0 Å². The molecular weight excluding hydrogens is 308 g/mol. The average Bonchev–Trinajstić information content (AvgIpc) is 3.18. The Balaban J connectivity index is 1.71. The minimum absolute atomic E-state index is 0.106. The first-order valence-corrected chi connectivity index (χ1v) is 7.04. The minimum atomic E-state index is -0.106. The van der Waals surface area contributed by atoms with Crippen LogP contribution < -0.4 is 16.4 Å². The van der Waals surface area contributed by atoms with Crippen molar-refractivity contribution in [3.05, 3.63) is 34.3 Å². The maximum atomic E-state index is 11.8. The molecule has 1 fully saturated rings. The molecule has 0 unspecified atom stereocenters. The van der Waals surface area contributed by atoms with Gasteiger partial charge in [-0.1, -0.05) is 22.0 Å². The number of aliphatic imine (C=N–C) groups is 1. The molecule has 1 aromatic rings. The molecule has 1 aliphatic rings. The summed E-state index contributed by atoms with van der Waals surface area (Å²) in [5, 5.41) is 5.89. The van der Waals surface area contributed by atoms with Crippen molar-refractivity contribution in [2.45, 2.75) is 18.9 Å². The van der Waals surface area contributed by atoms with E-state index in [4.69, 9.17) is 5.73 Å². The standard InChI is InChI=1S/C13H17BrN4O/c14-10-3-1-2-9(8-10)12(19)16-6-7-17-13(15)18-11-4-5-11/h1-3,8,11H,4-7H2,(H,16,19)(H3,15,17,18). The normalized spacial score (nSPS) is 15.1. The van der Waals surface area contributed by atoms with Gasteiger partial charge in [0.1, 0.15) is 0 Å². The summed E-state index contributed by atoms with van der Waals surface area (Å²) in [5.41, 5.74) is 6.31. The number of amides is 1. The van der Waals surface area contributed by atoms with E-state index in [0.717, 1.165) is 17.3 Å². The smallest absolute Gasteiger partial charge is 0.251 e. The van der Waals surface area contributed by atoms with Gasteiger partial charge in [-0.2, -0.15) is 0 Å². The molecule has 19 heavy (non-hydrogen) atoms.